The van der Waals surface area contributed by atoms with Crippen LogP contribution >= 0.6 is 24.0 Å². The van der Waals surface area contributed by atoms with Gasteiger partial charge in [0.25, 0.3) is 0 Å². The van der Waals surface area contributed by atoms with Gasteiger partial charge >= 0.3 is 6.09 Å². The van der Waals surface area contributed by atoms with Crippen LogP contribution in [0.5, 0.6) is 0 Å². The summed E-state index contributed by atoms with van der Waals surface area (Å²) in [6, 6.07) is 0. The number of carbonyl (C=O) groups is 1. The second kappa shape index (κ2) is 12.3. The molecule has 0 bridgehead atoms. The van der Waals surface area contributed by atoms with Crippen molar-refractivity contribution in [3.63, 3.8) is 0 Å². The summed E-state index contributed by atoms with van der Waals surface area (Å²) in [5.74, 6) is 2.26. The Morgan fingerprint density at radius 3 is 2.53 bits per heavy atom. The van der Waals surface area contributed by atoms with Crippen molar-refractivity contribution in [3.05, 3.63) is 12.2 Å². The van der Waals surface area contributed by atoms with Gasteiger partial charge in [-0.05, 0) is 53.4 Å². The van der Waals surface area contributed by atoms with E-state index in [1.165, 1.54) is 0 Å². The highest BCUT2D eigenvalue weighted by atomic mass is 127. The average molecular weight is 535 g/mol. The molecular weight excluding hydrogens is 497 g/mol. The maximum Gasteiger partial charge on any atom is 0.410 e. The number of amides is 1. The van der Waals surface area contributed by atoms with E-state index in [0.29, 0.717) is 19.0 Å². The van der Waals surface area contributed by atoms with Crippen LogP contribution in [0.4, 0.5) is 4.79 Å². The molecule has 9 nitrogen and oxygen atoms in total. The van der Waals surface area contributed by atoms with Gasteiger partial charge in [-0.3, -0.25) is 4.99 Å². The summed E-state index contributed by atoms with van der Waals surface area (Å²) in [4.78, 5) is 20.9. The van der Waals surface area contributed by atoms with E-state index in [-0.39, 0.29) is 30.1 Å². The first-order valence-electron chi connectivity index (χ1n) is 10.6. The number of nitrogens with zero attached hydrogens (tertiary/aromatic N) is 6. The molecule has 172 valence electrons. The second-order valence-electron chi connectivity index (χ2n) is 8.38. The maximum absolute atomic E-state index is 12.4. The fourth-order valence-corrected chi connectivity index (χ4v) is 3.47. The highest BCUT2D eigenvalue weighted by Crippen LogP contribution is 2.20. The zero-order valence-electron chi connectivity index (χ0n) is 19.2. The summed E-state index contributed by atoms with van der Waals surface area (Å²) in [6.45, 7) is 14.5. The van der Waals surface area contributed by atoms with Gasteiger partial charge in [-0.25, -0.2) is 4.79 Å². The molecule has 10 heteroatoms. The van der Waals surface area contributed by atoms with Gasteiger partial charge in [-0.1, -0.05) is 0 Å². The highest BCUT2D eigenvalue weighted by Gasteiger charge is 2.27. The number of nitrogens with one attached hydrogen (secondary N) is 1. The van der Waals surface area contributed by atoms with Crippen LogP contribution in [0.2, 0.25) is 0 Å². The lowest BCUT2D eigenvalue weighted by Crippen LogP contribution is -2.47. The molecule has 0 unspecified atom stereocenters. The first kappa shape index (κ1) is 26.4. The highest BCUT2D eigenvalue weighted by molar-refractivity contribution is 14.0. The number of hydrogen-bond acceptors (Lipinski definition) is 5. The Hall–Kier alpha value is -1.59. The summed E-state index contributed by atoms with van der Waals surface area (Å²) >= 11 is 0. The molecule has 2 heterocycles. The second-order valence-corrected chi connectivity index (χ2v) is 8.38. The number of carbonyl (C=O) groups excluding carboxylic acids is 1. The zero-order chi connectivity index (χ0) is 21.4. The van der Waals surface area contributed by atoms with E-state index in [0.717, 1.165) is 50.8 Å². The number of guanidine groups is 1. The van der Waals surface area contributed by atoms with Crippen LogP contribution < -0.4 is 5.32 Å². The molecular formula is C20H38IN7O2. The molecule has 30 heavy (non-hydrogen) atoms. The molecule has 1 aromatic heterocycles. The number of ether oxygens (including phenoxy) is 1. The summed E-state index contributed by atoms with van der Waals surface area (Å²) in [7, 11) is 1.81. The van der Waals surface area contributed by atoms with Gasteiger partial charge in [0.2, 0.25) is 0 Å². The Bertz CT molecular complexity index is 679. The van der Waals surface area contributed by atoms with Crippen molar-refractivity contribution < 1.29 is 9.53 Å². The standard InChI is InChI=1S/C20H37N7O2.HI/c1-7-25(19(28)29-20(3,4)5)14-16-9-11-27(12-10-16)18(21-6)22-13-17-24-23-15-26(17)8-2;/h15-16H,7-14H2,1-6H3,(H,21,22);1H. The minimum atomic E-state index is -0.464. The van der Waals surface area contributed by atoms with Crippen LogP contribution in [0.15, 0.2) is 11.3 Å². The predicted molar refractivity (Wildman–Crippen MR) is 129 cm³/mol. The van der Waals surface area contributed by atoms with Crippen molar-refractivity contribution >= 4 is 36.0 Å². The summed E-state index contributed by atoms with van der Waals surface area (Å²) in [5.41, 5.74) is -0.464. The molecule has 0 radical (unpaired) electrons. The molecule has 0 aliphatic carbocycles. The van der Waals surface area contributed by atoms with Crippen LogP contribution in [-0.2, 0) is 17.8 Å². The van der Waals surface area contributed by atoms with Crippen molar-refractivity contribution in [3.8, 4) is 0 Å². The van der Waals surface area contributed by atoms with E-state index < -0.39 is 5.60 Å². The van der Waals surface area contributed by atoms with Crippen LogP contribution in [0.3, 0.4) is 0 Å². The van der Waals surface area contributed by atoms with Crippen LogP contribution in [0, 0.1) is 5.92 Å². The molecule has 0 spiro atoms. The topological polar surface area (TPSA) is 87.9 Å². The van der Waals surface area contributed by atoms with Gasteiger partial charge in [-0.2, -0.15) is 0 Å². The number of aliphatic imine (C=N–C) groups is 1. The molecule has 0 atom stereocenters. The number of piperidine rings is 1. The van der Waals surface area contributed by atoms with E-state index in [4.69, 9.17) is 4.74 Å². The van der Waals surface area contributed by atoms with Crippen molar-refractivity contribution in [1.82, 2.24) is 29.9 Å². The number of hydrogen-bond donors (Lipinski definition) is 1. The van der Waals surface area contributed by atoms with E-state index >= 15 is 0 Å². The minimum absolute atomic E-state index is 0. The van der Waals surface area contributed by atoms with E-state index in [2.05, 4.69) is 32.3 Å². The van der Waals surface area contributed by atoms with Crippen LogP contribution in [-0.4, -0.2) is 75.4 Å². The third-order valence-corrected chi connectivity index (χ3v) is 5.08. The molecule has 1 saturated heterocycles. The third-order valence-electron chi connectivity index (χ3n) is 5.08. The molecule has 1 aromatic rings. The Kier molecular flexibility index (Phi) is 10.9. The largest absolute Gasteiger partial charge is 0.444 e. The van der Waals surface area contributed by atoms with Gasteiger partial charge in [-0.15, -0.1) is 34.2 Å². The quantitative estimate of drug-likeness (QED) is 0.343. The fourth-order valence-electron chi connectivity index (χ4n) is 3.47. The molecule has 1 amide bonds. The number of halogens is 1. The molecule has 2 rings (SSSR count). The van der Waals surface area contributed by atoms with Crippen LogP contribution in [0.25, 0.3) is 0 Å². The third kappa shape index (κ3) is 7.92. The lowest BCUT2D eigenvalue weighted by atomic mass is 9.96. The van der Waals surface area contributed by atoms with Crippen molar-refractivity contribution in [2.75, 3.05) is 33.2 Å². The first-order chi connectivity index (χ1) is 13.8. The molecule has 1 N–H and O–H groups in total. The number of likely N-dealkylation sites (tertiary alicyclic amines) is 1. The fraction of sp³-hybridized carbons (Fsp3) is 0.800. The number of rotatable bonds is 6. The molecule has 0 aromatic carbocycles. The van der Waals surface area contributed by atoms with Gasteiger partial charge in [0.05, 0.1) is 6.54 Å². The lowest BCUT2D eigenvalue weighted by molar-refractivity contribution is 0.0214. The van der Waals surface area contributed by atoms with E-state index in [9.17, 15) is 4.79 Å². The van der Waals surface area contributed by atoms with Crippen molar-refractivity contribution in [2.45, 2.75) is 66.2 Å². The van der Waals surface area contributed by atoms with Crippen molar-refractivity contribution in [1.29, 1.82) is 0 Å². The van der Waals surface area contributed by atoms with Gasteiger partial charge < -0.3 is 24.4 Å². The molecule has 1 aliphatic rings. The molecule has 0 saturated carbocycles. The summed E-state index contributed by atoms with van der Waals surface area (Å²) in [6.07, 6.45) is 3.56. The first-order valence-corrected chi connectivity index (χ1v) is 10.6. The summed E-state index contributed by atoms with van der Waals surface area (Å²) in [5, 5.41) is 11.5. The maximum atomic E-state index is 12.4. The smallest absolute Gasteiger partial charge is 0.410 e. The van der Waals surface area contributed by atoms with Crippen molar-refractivity contribution in [2.24, 2.45) is 10.9 Å². The van der Waals surface area contributed by atoms with Gasteiger partial charge in [0.1, 0.15) is 11.9 Å². The predicted octanol–water partition coefficient (Wildman–Crippen LogP) is 2.96. The van der Waals surface area contributed by atoms with E-state index in [1.807, 2.05) is 37.2 Å². The average Bonchev–Trinajstić information content (AvgIpc) is 3.13. The summed E-state index contributed by atoms with van der Waals surface area (Å²) < 4.78 is 7.55. The van der Waals surface area contributed by atoms with E-state index in [1.54, 1.807) is 13.4 Å². The number of aromatic nitrogens is 3. The lowest BCUT2D eigenvalue weighted by Gasteiger charge is -2.36. The van der Waals surface area contributed by atoms with Gasteiger partial charge in [0.15, 0.2) is 11.8 Å². The zero-order valence-corrected chi connectivity index (χ0v) is 21.5. The molecule has 1 fully saturated rings. The number of aryl methyl sites for hydroxylation is 1. The SMILES string of the molecule is CCN(CC1CCN(C(=NC)NCc2nncn2CC)CC1)C(=O)OC(C)(C)C.I. The Balaban J connectivity index is 0.00000450. The van der Waals surface area contributed by atoms with Crippen LogP contribution in [0.1, 0.15) is 53.3 Å². The molecule has 1 aliphatic heterocycles. The van der Waals surface area contributed by atoms with Gasteiger partial charge in [0, 0.05) is 39.8 Å². The Morgan fingerprint density at radius 2 is 2.00 bits per heavy atom. The normalized spacial score (nSPS) is 15.5. The Morgan fingerprint density at radius 1 is 1.33 bits per heavy atom. The Labute approximate surface area is 197 Å². The minimum Gasteiger partial charge on any atom is -0.444 e. The monoisotopic (exact) mass is 535 g/mol.